The van der Waals surface area contributed by atoms with Crippen molar-refractivity contribution < 1.29 is 14.6 Å². The van der Waals surface area contributed by atoms with E-state index in [1.165, 1.54) is 10.4 Å². The first kappa shape index (κ1) is 23.3. The maximum atomic E-state index is 11.0. The number of rotatable bonds is 8. The Morgan fingerprint density at radius 2 is 1.88 bits per heavy atom. The normalized spacial score (nSPS) is 18.9. The Morgan fingerprint density at radius 1 is 1.15 bits per heavy atom. The van der Waals surface area contributed by atoms with Crippen LogP contribution in [0.15, 0.2) is 54.7 Å². The Hall–Kier alpha value is -2.90. The van der Waals surface area contributed by atoms with E-state index in [2.05, 4.69) is 47.9 Å². The Bertz CT molecular complexity index is 1070. The van der Waals surface area contributed by atoms with E-state index in [1.54, 1.807) is 11.3 Å². The van der Waals surface area contributed by atoms with E-state index < -0.39 is 5.97 Å². The lowest BCUT2D eigenvalue weighted by atomic mass is 10.1. The molecule has 0 unspecified atom stereocenters. The lowest BCUT2D eigenvalue weighted by Crippen LogP contribution is -2.57. The van der Waals surface area contributed by atoms with Gasteiger partial charge in [0.05, 0.1) is 11.3 Å². The molecule has 2 aromatic carbocycles. The van der Waals surface area contributed by atoms with Crippen LogP contribution in [0.25, 0.3) is 10.4 Å². The fourth-order valence-corrected chi connectivity index (χ4v) is 5.39. The van der Waals surface area contributed by atoms with Crippen molar-refractivity contribution in [1.82, 2.24) is 9.88 Å². The summed E-state index contributed by atoms with van der Waals surface area (Å²) in [6.07, 6.45) is 1.99. The lowest BCUT2D eigenvalue weighted by molar-refractivity contribution is -0.136. The number of aliphatic carboxylic acids is 1. The van der Waals surface area contributed by atoms with Gasteiger partial charge in [-0.05, 0) is 43.5 Å². The van der Waals surface area contributed by atoms with Crippen LogP contribution < -0.4 is 9.64 Å². The largest absolute Gasteiger partial charge is 0.492 e. The van der Waals surface area contributed by atoms with Gasteiger partial charge in [0, 0.05) is 37.9 Å². The third kappa shape index (κ3) is 5.72. The first-order chi connectivity index (χ1) is 15.9. The summed E-state index contributed by atoms with van der Waals surface area (Å²) >= 11 is 1.75. The van der Waals surface area contributed by atoms with Crippen molar-refractivity contribution in [3.05, 3.63) is 65.9 Å². The Labute approximate surface area is 199 Å². The van der Waals surface area contributed by atoms with E-state index in [4.69, 9.17) is 14.8 Å². The molecule has 6 nitrogen and oxygen atoms in total. The summed E-state index contributed by atoms with van der Waals surface area (Å²) in [4.78, 5) is 21.8. The van der Waals surface area contributed by atoms with E-state index in [-0.39, 0.29) is 6.42 Å². The van der Waals surface area contributed by atoms with Gasteiger partial charge < -0.3 is 14.7 Å². The zero-order valence-electron chi connectivity index (χ0n) is 19.4. The SMILES string of the molecule is Cc1ccc(CC(=O)O)cc1OCCN1[C@H](C)CN(c2ncc(-c3ccccc3)s2)C[C@@H]1C. The maximum absolute atomic E-state index is 11.0. The lowest BCUT2D eigenvalue weighted by Gasteiger charge is -2.44. The molecule has 1 aromatic heterocycles. The number of piperazine rings is 1. The average molecular weight is 466 g/mol. The van der Waals surface area contributed by atoms with Gasteiger partial charge in [-0.3, -0.25) is 9.69 Å². The van der Waals surface area contributed by atoms with E-state index in [1.807, 2.05) is 37.4 Å². The molecule has 33 heavy (non-hydrogen) atoms. The molecule has 4 rings (SSSR count). The molecule has 0 radical (unpaired) electrons. The van der Waals surface area contributed by atoms with Gasteiger partial charge in [-0.1, -0.05) is 53.8 Å². The number of hydrogen-bond acceptors (Lipinski definition) is 6. The topological polar surface area (TPSA) is 65.9 Å². The van der Waals surface area contributed by atoms with Gasteiger partial charge in [-0.2, -0.15) is 0 Å². The minimum atomic E-state index is -0.832. The second kappa shape index (κ2) is 10.4. The fourth-order valence-electron chi connectivity index (χ4n) is 4.45. The van der Waals surface area contributed by atoms with Crippen LogP contribution in [0, 0.1) is 6.92 Å². The molecule has 7 heteroatoms. The fraction of sp³-hybridized carbons (Fsp3) is 0.385. The van der Waals surface area contributed by atoms with Crippen molar-refractivity contribution in [2.45, 2.75) is 39.3 Å². The quantitative estimate of drug-likeness (QED) is 0.519. The summed E-state index contributed by atoms with van der Waals surface area (Å²) in [7, 11) is 0. The number of carboxylic acid groups (broad SMARTS) is 1. The van der Waals surface area contributed by atoms with Gasteiger partial charge >= 0.3 is 5.97 Å². The number of hydrogen-bond donors (Lipinski definition) is 1. The average Bonchev–Trinajstić information content (AvgIpc) is 3.28. The molecule has 1 N–H and O–H groups in total. The third-order valence-electron chi connectivity index (χ3n) is 6.14. The number of carbonyl (C=O) groups is 1. The minimum Gasteiger partial charge on any atom is -0.492 e. The molecule has 0 bridgehead atoms. The van der Waals surface area contributed by atoms with E-state index in [0.717, 1.165) is 41.6 Å². The summed E-state index contributed by atoms with van der Waals surface area (Å²) in [6, 6.07) is 16.8. The highest BCUT2D eigenvalue weighted by Crippen LogP contribution is 2.32. The number of aryl methyl sites for hydroxylation is 1. The predicted molar refractivity (Wildman–Crippen MR) is 133 cm³/mol. The third-order valence-corrected chi connectivity index (χ3v) is 7.25. The second-order valence-electron chi connectivity index (χ2n) is 8.73. The van der Waals surface area contributed by atoms with Gasteiger partial charge in [0.2, 0.25) is 0 Å². The molecule has 2 heterocycles. The molecule has 0 amide bonds. The van der Waals surface area contributed by atoms with E-state index in [9.17, 15) is 4.79 Å². The maximum Gasteiger partial charge on any atom is 0.307 e. The molecule has 0 spiro atoms. The minimum absolute atomic E-state index is 0.00934. The van der Waals surface area contributed by atoms with Crippen LogP contribution in [0.1, 0.15) is 25.0 Å². The standard InChI is InChI=1S/C26H31N3O3S/c1-18-9-10-21(14-25(30)31)13-23(18)32-12-11-29-19(2)16-28(17-20(29)3)26-27-15-24(33-26)22-7-5-4-6-8-22/h4-10,13,15,19-20H,11-12,14,16-17H2,1-3H3,(H,30,31)/t19-,20+. The molecule has 1 fully saturated rings. The number of benzene rings is 2. The molecule has 1 saturated heterocycles. The highest BCUT2D eigenvalue weighted by atomic mass is 32.1. The first-order valence-corrected chi connectivity index (χ1v) is 12.2. The molecule has 0 saturated carbocycles. The van der Waals surface area contributed by atoms with Crippen molar-refractivity contribution in [3.63, 3.8) is 0 Å². The summed E-state index contributed by atoms with van der Waals surface area (Å²) in [5.41, 5.74) is 2.99. The van der Waals surface area contributed by atoms with E-state index in [0.29, 0.717) is 18.7 Å². The summed E-state index contributed by atoms with van der Waals surface area (Å²) in [5, 5.41) is 10.1. The van der Waals surface area contributed by atoms with Gasteiger partial charge in [0.15, 0.2) is 5.13 Å². The smallest absolute Gasteiger partial charge is 0.307 e. The Balaban J connectivity index is 1.34. The summed E-state index contributed by atoms with van der Waals surface area (Å²) < 4.78 is 6.06. The van der Waals surface area contributed by atoms with Gasteiger partial charge in [0.1, 0.15) is 12.4 Å². The number of aromatic nitrogens is 1. The Kier molecular flexibility index (Phi) is 7.30. The molecular formula is C26H31N3O3S. The monoisotopic (exact) mass is 465 g/mol. The van der Waals surface area contributed by atoms with Gasteiger partial charge in [-0.25, -0.2) is 4.98 Å². The van der Waals surface area contributed by atoms with Crippen molar-refractivity contribution in [2.24, 2.45) is 0 Å². The highest BCUT2D eigenvalue weighted by molar-refractivity contribution is 7.18. The summed E-state index contributed by atoms with van der Waals surface area (Å²) in [5.74, 6) is -0.0645. The predicted octanol–water partition coefficient (Wildman–Crippen LogP) is 4.72. The molecule has 1 aliphatic rings. The molecule has 3 aromatic rings. The van der Waals surface area contributed by atoms with Gasteiger partial charge in [-0.15, -0.1) is 0 Å². The van der Waals surface area contributed by atoms with E-state index >= 15 is 0 Å². The zero-order chi connectivity index (χ0) is 23.4. The van der Waals surface area contributed by atoms with Crippen LogP contribution in [-0.4, -0.2) is 59.3 Å². The number of anilines is 1. The van der Waals surface area contributed by atoms with Crippen molar-refractivity contribution in [2.75, 3.05) is 31.1 Å². The van der Waals surface area contributed by atoms with Crippen LogP contribution in [0.4, 0.5) is 5.13 Å². The van der Waals surface area contributed by atoms with Crippen molar-refractivity contribution in [1.29, 1.82) is 0 Å². The van der Waals surface area contributed by atoms with Crippen LogP contribution in [0.3, 0.4) is 0 Å². The number of nitrogens with zero attached hydrogens (tertiary/aromatic N) is 3. The van der Waals surface area contributed by atoms with Crippen molar-refractivity contribution >= 4 is 22.4 Å². The number of ether oxygens (including phenoxy) is 1. The zero-order valence-corrected chi connectivity index (χ0v) is 20.2. The summed E-state index contributed by atoms with van der Waals surface area (Å²) in [6.45, 7) is 9.76. The van der Waals surface area contributed by atoms with Gasteiger partial charge in [0.25, 0.3) is 0 Å². The second-order valence-corrected chi connectivity index (χ2v) is 9.74. The number of thiazole rings is 1. The van der Waals surface area contributed by atoms with Crippen LogP contribution >= 0.6 is 11.3 Å². The molecule has 1 aliphatic heterocycles. The number of carboxylic acids is 1. The molecule has 0 aliphatic carbocycles. The molecule has 2 atom stereocenters. The van der Waals surface area contributed by atoms with Crippen LogP contribution in [0.5, 0.6) is 5.75 Å². The molecule has 174 valence electrons. The molecular weight excluding hydrogens is 434 g/mol. The van der Waals surface area contributed by atoms with Crippen LogP contribution in [0.2, 0.25) is 0 Å². The van der Waals surface area contributed by atoms with Crippen LogP contribution in [-0.2, 0) is 11.2 Å². The highest BCUT2D eigenvalue weighted by Gasteiger charge is 2.30. The van der Waals surface area contributed by atoms with Crippen molar-refractivity contribution in [3.8, 4) is 16.2 Å². The Morgan fingerprint density at radius 3 is 2.58 bits per heavy atom. The first-order valence-electron chi connectivity index (χ1n) is 11.4.